The van der Waals surface area contributed by atoms with Crippen molar-refractivity contribution < 1.29 is 19.3 Å². The molecule has 1 heterocycles. The number of ether oxygens (including phenoxy) is 1. The van der Waals surface area contributed by atoms with E-state index < -0.39 is 11.2 Å². The number of esters is 1. The van der Waals surface area contributed by atoms with Gasteiger partial charge in [-0.2, -0.15) is 0 Å². The highest BCUT2D eigenvalue weighted by Crippen LogP contribution is 2.24. The Morgan fingerprint density at radius 1 is 1.33 bits per heavy atom. The first-order chi connectivity index (χ1) is 9.65. The Morgan fingerprint density at radius 2 is 2.00 bits per heavy atom. The van der Waals surface area contributed by atoms with Crippen molar-refractivity contribution >= 4 is 18.9 Å². The topological polar surface area (TPSA) is 71.3 Å². The van der Waals surface area contributed by atoms with Crippen LogP contribution in [0.3, 0.4) is 0 Å². The Bertz CT molecular complexity index is 483. The number of carbonyl (C=O) groups is 1. The van der Waals surface area contributed by atoms with Crippen molar-refractivity contribution in [1.29, 1.82) is 0 Å². The van der Waals surface area contributed by atoms with Gasteiger partial charge >= 0.3 is 13.5 Å². The van der Waals surface area contributed by atoms with E-state index in [1.165, 1.54) is 0 Å². The third kappa shape index (κ3) is 5.48. The van der Waals surface area contributed by atoms with Crippen molar-refractivity contribution in [2.45, 2.75) is 52.2 Å². The summed E-state index contributed by atoms with van der Waals surface area (Å²) in [5.41, 5.74) is 0.159. The molecule has 0 aromatic carbocycles. The summed E-state index contributed by atoms with van der Waals surface area (Å²) in [6, 6.07) is 1.83. The van der Waals surface area contributed by atoms with Gasteiger partial charge in [-0.3, -0.25) is 9.78 Å². The van der Waals surface area contributed by atoms with Crippen LogP contribution in [-0.2, 0) is 20.6 Å². The minimum Gasteiger partial charge on any atom is -0.466 e. The zero-order valence-electron chi connectivity index (χ0n) is 13.4. The zero-order chi connectivity index (χ0) is 16.1. The van der Waals surface area contributed by atoms with Gasteiger partial charge in [0.1, 0.15) is 5.60 Å². The summed E-state index contributed by atoms with van der Waals surface area (Å²) < 4.78 is 10.6. The van der Waals surface area contributed by atoms with Gasteiger partial charge in [-0.15, -0.1) is 0 Å². The minimum absolute atomic E-state index is 0.190. The second-order valence-corrected chi connectivity index (χ2v) is 5.98. The highest BCUT2D eigenvalue weighted by molar-refractivity contribution is 6.46. The summed E-state index contributed by atoms with van der Waals surface area (Å²) in [4.78, 5) is 15.6. The van der Waals surface area contributed by atoms with Crippen LogP contribution < -0.4 is 5.46 Å². The molecule has 6 heteroatoms. The van der Waals surface area contributed by atoms with Crippen LogP contribution >= 0.6 is 0 Å². The van der Waals surface area contributed by atoms with Crippen molar-refractivity contribution in [2.75, 3.05) is 6.61 Å². The molecule has 0 fully saturated rings. The monoisotopic (exact) mass is 293 g/mol. The Balaban J connectivity index is 2.67. The maximum atomic E-state index is 11.5. The van der Waals surface area contributed by atoms with Crippen molar-refractivity contribution in [2.24, 2.45) is 0 Å². The van der Waals surface area contributed by atoms with Crippen molar-refractivity contribution in [1.82, 2.24) is 4.98 Å². The zero-order valence-corrected chi connectivity index (χ0v) is 13.4. The first-order valence-corrected chi connectivity index (χ1v) is 7.01. The van der Waals surface area contributed by atoms with Gasteiger partial charge in [0.05, 0.1) is 13.0 Å². The molecule has 1 radical (unpaired) electrons. The van der Waals surface area contributed by atoms with Crippen LogP contribution in [0.5, 0.6) is 0 Å². The third-order valence-electron chi connectivity index (χ3n) is 3.46. The number of hydrogen-bond donors (Lipinski definition) is 0. The van der Waals surface area contributed by atoms with Crippen molar-refractivity contribution in [3.63, 3.8) is 0 Å². The van der Waals surface area contributed by atoms with E-state index in [9.17, 15) is 4.79 Å². The molecule has 2 N–H and O–H groups in total. The summed E-state index contributed by atoms with van der Waals surface area (Å²) >= 11 is 0. The number of hydrogen-bond acceptors (Lipinski definition) is 4. The highest BCUT2D eigenvalue weighted by atomic mass is 16.5. The van der Waals surface area contributed by atoms with E-state index in [2.05, 4.69) is 4.98 Å². The molecule has 1 aromatic heterocycles. The smallest absolute Gasteiger partial charge is 0.332 e. The SMILES string of the molecule is CCOC(=O)Cc1cncc([B]OC(C)(C)C(C)(C)[OH2+])c1. The van der Waals surface area contributed by atoms with E-state index in [4.69, 9.17) is 14.5 Å². The van der Waals surface area contributed by atoms with Crippen LogP contribution in [0.1, 0.15) is 40.2 Å². The molecular weight excluding hydrogens is 269 g/mol. The molecule has 115 valence electrons. The number of pyridine rings is 1. The van der Waals surface area contributed by atoms with Crippen LogP contribution in [-0.4, -0.2) is 41.4 Å². The van der Waals surface area contributed by atoms with Gasteiger partial charge in [-0.05, 0) is 31.8 Å². The Morgan fingerprint density at radius 3 is 2.57 bits per heavy atom. The van der Waals surface area contributed by atoms with Crippen LogP contribution in [0.4, 0.5) is 0 Å². The fourth-order valence-corrected chi connectivity index (χ4v) is 1.41. The lowest BCUT2D eigenvalue weighted by Crippen LogP contribution is -2.49. The molecule has 21 heavy (non-hydrogen) atoms. The second-order valence-electron chi connectivity index (χ2n) is 5.98. The number of aromatic nitrogens is 1. The van der Waals surface area contributed by atoms with Crippen LogP contribution in [0.25, 0.3) is 0 Å². The van der Waals surface area contributed by atoms with Crippen LogP contribution in [0.15, 0.2) is 18.5 Å². The molecule has 0 saturated heterocycles. The van der Waals surface area contributed by atoms with Gasteiger partial charge < -0.3 is 14.5 Å². The lowest BCUT2D eigenvalue weighted by molar-refractivity contribution is -0.142. The summed E-state index contributed by atoms with van der Waals surface area (Å²) in [5, 5.41) is 8.06. The summed E-state index contributed by atoms with van der Waals surface area (Å²) in [6.45, 7) is 9.48. The van der Waals surface area contributed by atoms with E-state index in [0.717, 1.165) is 11.0 Å². The number of nitrogens with zero attached hydrogens (tertiary/aromatic N) is 1. The summed E-state index contributed by atoms with van der Waals surface area (Å²) in [7, 11) is 1.58. The average molecular weight is 293 g/mol. The molecule has 0 saturated carbocycles. The maximum Gasteiger partial charge on any atom is 0.332 e. The maximum absolute atomic E-state index is 11.5. The van der Waals surface area contributed by atoms with Gasteiger partial charge in [0.25, 0.3) is 0 Å². The van der Waals surface area contributed by atoms with Gasteiger partial charge in [0.2, 0.25) is 0 Å². The summed E-state index contributed by atoms with van der Waals surface area (Å²) in [5.74, 6) is -0.273. The molecule has 1 rings (SSSR count). The molecule has 0 aliphatic rings. The van der Waals surface area contributed by atoms with Crippen molar-refractivity contribution in [3.8, 4) is 0 Å². The van der Waals surface area contributed by atoms with E-state index >= 15 is 0 Å². The predicted octanol–water partition coefficient (Wildman–Crippen LogP) is 0.730. The molecule has 0 amide bonds. The molecule has 0 aliphatic carbocycles. The van der Waals surface area contributed by atoms with Gasteiger partial charge in [-0.1, -0.05) is 6.07 Å². The Kier molecular flexibility index (Phi) is 5.92. The molecule has 0 bridgehead atoms. The summed E-state index contributed by atoms with van der Waals surface area (Å²) in [6.07, 6.45) is 3.48. The normalized spacial score (nSPS) is 12.1. The fourth-order valence-electron chi connectivity index (χ4n) is 1.41. The van der Waals surface area contributed by atoms with Crippen LogP contribution in [0.2, 0.25) is 0 Å². The molecule has 1 aromatic rings. The number of carbonyl (C=O) groups excluding carboxylic acids is 1. The molecule has 5 nitrogen and oxygen atoms in total. The minimum atomic E-state index is -0.737. The molecule has 0 atom stereocenters. The van der Waals surface area contributed by atoms with E-state index in [-0.39, 0.29) is 12.4 Å². The molecule has 0 aliphatic heterocycles. The quantitative estimate of drug-likeness (QED) is 0.422. The fraction of sp³-hybridized carbons (Fsp3) is 0.600. The average Bonchev–Trinajstić information content (AvgIpc) is 2.36. The Hall–Kier alpha value is -1.40. The third-order valence-corrected chi connectivity index (χ3v) is 3.46. The van der Waals surface area contributed by atoms with E-state index in [1.807, 2.05) is 19.9 Å². The van der Waals surface area contributed by atoms with Crippen LogP contribution in [0, 0.1) is 0 Å². The molecule has 0 spiro atoms. The number of rotatable bonds is 7. The lowest BCUT2D eigenvalue weighted by Gasteiger charge is -2.33. The largest absolute Gasteiger partial charge is 0.466 e. The highest BCUT2D eigenvalue weighted by Gasteiger charge is 2.40. The van der Waals surface area contributed by atoms with Gasteiger partial charge in [-0.25, -0.2) is 0 Å². The molecule has 0 unspecified atom stereocenters. The Labute approximate surface area is 127 Å². The lowest BCUT2D eigenvalue weighted by atomic mass is 9.83. The standard InChI is InChI=1S/C15H23BNO4/c1-6-20-13(18)8-11-7-12(10-17-9-11)16-21-15(4,5)14(2,3)19/h7,9-10,19H,6,8H2,1-5H3/p+1. The van der Waals surface area contributed by atoms with Crippen molar-refractivity contribution in [3.05, 3.63) is 24.0 Å². The van der Waals surface area contributed by atoms with Gasteiger partial charge in [0.15, 0.2) is 5.60 Å². The van der Waals surface area contributed by atoms with E-state index in [1.54, 1.807) is 40.6 Å². The van der Waals surface area contributed by atoms with E-state index in [0.29, 0.717) is 6.61 Å². The first kappa shape index (κ1) is 17.7. The van der Waals surface area contributed by atoms with Gasteiger partial charge in [0, 0.05) is 26.2 Å². The molecular formula is C15H24BNO4+. The second kappa shape index (κ2) is 7.05. The first-order valence-electron chi connectivity index (χ1n) is 7.01. The predicted molar refractivity (Wildman–Crippen MR) is 82.8 cm³/mol.